The summed E-state index contributed by atoms with van der Waals surface area (Å²) in [7, 11) is 0. The highest BCUT2D eigenvalue weighted by atomic mass is 35.5. The van der Waals surface area contributed by atoms with Gasteiger partial charge >= 0.3 is 0 Å². The highest BCUT2D eigenvalue weighted by Gasteiger charge is 2.25. The molecular weight excluding hydrogens is 375 g/mol. The zero-order chi connectivity index (χ0) is 19.0. The standard InChI is InChI=1S/C19H16Cl2N2O3/c1-10-17(18(22)24)13-5-3-4-6-15(13)23(10)19(25)11(2)26-16-8-7-12(20)9-14(16)21/h3-9,11H,1-2H3,(H2,22,24)/t11-/m0/s1. The SMILES string of the molecule is Cc1c(C(N)=O)c2ccccc2n1C(=O)[C@H](C)Oc1ccc(Cl)cc1Cl. The molecule has 0 radical (unpaired) electrons. The van der Waals surface area contributed by atoms with Gasteiger partial charge in [-0.25, -0.2) is 0 Å². The second-order valence-corrected chi connectivity index (χ2v) is 6.69. The van der Waals surface area contributed by atoms with E-state index in [1.165, 1.54) is 10.6 Å². The molecule has 7 heteroatoms. The van der Waals surface area contributed by atoms with Crippen LogP contribution in [0.25, 0.3) is 10.9 Å². The summed E-state index contributed by atoms with van der Waals surface area (Å²) in [6, 6.07) is 11.9. The molecule has 2 N–H and O–H groups in total. The Labute approximate surface area is 160 Å². The molecule has 0 aliphatic carbocycles. The fourth-order valence-electron chi connectivity index (χ4n) is 2.96. The van der Waals surface area contributed by atoms with Crippen LogP contribution in [0.3, 0.4) is 0 Å². The Hall–Kier alpha value is -2.50. The molecule has 5 nitrogen and oxygen atoms in total. The maximum atomic E-state index is 13.0. The van der Waals surface area contributed by atoms with Gasteiger partial charge in [0.2, 0.25) is 0 Å². The lowest BCUT2D eigenvalue weighted by Gasteiger charge is -2.17. The van der Waals surface area contributed by atoms with E-state index in [-0.39, 0.29) is 5.91 Å². The molecule has 26 heavy (non-hydrogen) atoms. The fraction of sp³-hybridized carbons (Fsp3) is 0.158. The third-order valence-corrected chi connectivity index (χ3v) is 4.65. The van der Waals surface area contributed by atoms with Crippen LogP contribution in [-0.4, -0.2) is 22.5 Å². The van der Waals surface area contributed by atoms with Gasteiger partial charge < -0.3 is 10.5 Å². The van der Waals surface area contributed by atoms with E-state index in [0.29, 0.717) is 38.0 Å². The number of nitrogens with zero attached hydrogens (tertiary/aromatic N) is 1. The van der Waals surface area contributed by atoms with Gasteiger partial charge in [-0.3, -0.25) is 14.2 Å². The molecule has 134 valence electrons. The molecule has 3 rings (SSSR count). The summed E-state index contributed by atoms with van der Waals surface area (Å²) in [6.07, 6.45) is -0.844. The molecule has 0 spiro atoms. The van der Waals surface area contributed by atoms with Crippen LogP contribution in [0.5, 0.6) is 5.75 Å². The van der Waals surface area contributed by atoms with Gasteiger partial charge in [0, 0.05) is 16.1 Å². The predicted octanol–water partition coefficient (Wildman–Crippen LogP) is 4.46. The molecule has 3 aromatic rings. The van der Waals surface area contributed by atoms with Crippen LogP contribution in [-0.2, 0) is 0 Å². The number of primary amides is 1. The topological polar surface area (TPSA) is 74.3 Å². The monoisotopic (exact) mass is 390 g/mol. The Morgan fingerprint density at radius 3 is 2.50 bits per heavy atom. The summed E-state index contributed by atoms with van der Waals surface area (Å²) in [5, 5.41) is 1.41. The lowest BCUT2D eigenvalue weighted by atomic mass is 10.1. The number of hydrogen-bond donors (Lipinski definition) is 1. The second-order valence-electron chi connectivity index (χ2n) is 5.85. The summed E-state index contributed by atoms with van der Waals surface area (Å²) in [5.41, 5.74) is 6.90. The number of ether oxygens (including phenoxy) is 1. The Balaban J connectivity index is 2.02. The summed E-state index contributed by atoms with van der Waals surface area (Å²) in [6.45, 7) is 3.30. The molecule has 1 atom stereocenters. The maximum absolute atomic E-state index is 13.0. The van der Waals surface area contributed by atoms with Gasteiger partial charge in [0.1, 0.15) is 5.75 Å². The largest absolute Gasteiger partial charge is 0.479 e. The van der Waals surface area contributed by atoms with Crippen molar-refractivity contribution < 1.29 is 14.3 Å². The summed E-state index contributed by atoms with van der Waals surface area (Å²) in [5.74, 6) is -0.571. The first kappa shape index (κ1) is 18.3. The van der Waals surface area contributed by atoms with Gasteiger partial charge in [0.15, 0.2) is 6.10 Å². The van der Waals surface area contributed by atoms with E-state index in [2.05, 4.69) is 0 Å². The minimum atomic E-state index is -0.844. The molecule has 0 unspecified atom stereocenters. The number of para-hydroxylation sites is 1. The zero-order valence-corrected chi connectivity index (χ0v) is 15.6. The summed E-state index contributed by atoms with van der Waals surface area (Å²) in [4.78, 5) is 24.9. The molecule has 1 heterocycles. The van der Waals surface area contributed by atoms with Crippen molar-refractivity contribution in [1.29, 1.82) is 0 Å². The van der Waals surface area contributed by atoms with Gasteiger partial charge in [-0.1, -0.05) is 41.4 Å². The number of aromatic nitrogens is 1. The van der Waals surface area contributed by atoms with E-state index in [4.69, 9.17) is 33.7 Å². The second kappa shape index (κ2) is 7.02. The van der Waals surface area contributed by atoms with E-state index in [1.54, 1.807) is 50.2 Å². The van der Waals surface area contributed by atoms with Crippen molar-refractivity contribution in [3.05, 3.63) is 63.8 Å². The van der Waals surface area contributed by atoms with E-state index in [1.807, 2.05) is 0 Å². The Morgan fingerprint density at radius 1 is 1.15 bits per heavy atom. The number of rotatable bonds is 4. The summed E-state index contributed by atoms with van der Waals surface area (Å²) < 4.78 is 7.16. The van der Waals surface area contributed by atoms with Crippen molar-refractivity contribution in [3.63, 3.8) is 0 Å². The summed E-state index contributed by atoms with van der Waals surface area (Å²) >= 11 is 12.0. The predicted molar refractivity (Wildman–Crippen MR) is 102 cm³/mol. The molecular formula is C19H16Cl2N2O3. The van der Waals surface area contributed by atoms with Crippen molar-refractivity contribution in [1.82, 2.24) is 4.57 Å². The van der Waals surface area contributed by atoms with Crippen molar-refractivity contribution >= 4 is 45.9 Å². The molecule has 0 aliphatic heterocycles. The van der Waals surface area contributed by atoms with Gasteiger partial charge in [-0.2, -0.15) is 0 Å². The van der Waals surface area contributed by atoms with Crippen LogP contribution in [0.4, 0.5) is 0 Å². The van der Waals surface area contributed by atoms with Crippen molar-refractivity contribution in [2.75, 3.05) is 0 Å². The molecule has 0 saturated carbocycles. The van der Waals surface area contributed by atoms with Gasteiger partial charge in [-0.05, 0) is 38.1 Å². The molecule has 0 saturated heterocycles. The maximum Gasteiger partial charge on any atom is 0.272 e. The highest BCUT2D eigenvalue weighted by Crippen LogP contribution is 2.30. The van der Waals surface area contributed by atoms with Gasteiger partial charge in [0.25, 0.3) is 11.8 Å². The van der Waals surface area contributed by atoms with Crippen LogP contribution in [0.1, 0.15) is 27.8 Å². The van der Waals surface area contributed by atoms with E-state index in [9.17, 15) is 9.59 Å². The minimum Gasteiger partial charge on any atom is -0.479 e. The van der Waals surface area contributed by atoms with Crippen LogP contribution in [0.15, 0.2) is 42.5 Å². The minimum absolute atomic E-state index is 0.309. The van der Waals surface area contributed by atoms with Gasteiger partial charge in [-0.15, -0.1) is 0 Å². The quantitative estimate of drug-likeness (QED) is 0.714. The number of amides is 1. The average Bonchev–Trinajstić information content (AvgIpc) is 2.88. The fourth-order valence-corrected chi connectivity index (χ4v) is 3.41. The van der Waals surface area contributed by atoms with Crippen LogP contribution >= 0.6 is 23.2 Å². The van der Waals surface area contributed by atoms with Crippen LogP contribution < -0.4 is 10.5 Å². The first-order valence-electron chi connectivity index (χ1n) is 7.87. The van der Waals surface area contributed by atoms with Crippen molar-refractivity contribution in [2.45, 2.75) is 20.0 Å². The normalized spacial score (nSPS) is 12.2. The molecule has 2 aromatic carbocycles. The van der Waals surface area contributed by atoms with Crippen molar-refractivity contribution in [2.24, 2.45) is 5.73 Å². The number of carbonyl (C=O) groups excluding carboxylic acids is 2. The molecule has 0 fully saturated rings. The number of hydrogen-bond acceptors (Lipinski definition) is 3. The number of fused-ring (bicyclic) bond motifs is 1. The van der Waals surface area contributed by atoms with E-state index < -0.39 is 12.0 Å². The lowest BCUT2D eigenvalue weighted by Crippen LogP contribution is -2.30. The number of carbonyl (C=O) groups is 2. The number of benzene rings is 2. The highest BCUT2D eigenvalue weighted by molar-refractivity contribution is 6.35. The Kier molecular flexibility index (Phi) is 4.94. The molecule has 1 amide bonds. The number of halogens is 2. The molecule has 0 aliphatic rings. The molecule has 1 aromatic heterocycles. The Bertz CT molecular complexity index is 1030. The smallest absolute Gasteiger partial charge is 0.272 e. The average molecular weight is 391 g/mol. The van der Waals surface area contributed by atoms with E-state index >= 15 is 0 Å². The third kappa shape index (κ3) is 3.16. The first-order valence-corrected chi connectivity index (χ1v) is 8.62. The third-order valence-electron chi connectivity index (χ3n) is 4.12. The van der Waals surface area contributed by atoms with E-state index in [0.717, 1.165) is 0 Å². The van der Waals surface area contributed by atoms with Gasteiger partial charge in [0.05, 0.1) is 16.1 Å². The van der Waals surface area contributed by atoms with Crippen molar-refractivity contribution in [3.8, 4) is 5.75 Å². The number of nitrogens with two attached hydrogens (primary N) is 1. The first-order chi connectivity index (χ1) is 12.3. The van der Waals surface area contributed by atoms with Crippen LogP contribution in [0.2, 0.25) is 10.0 Å². The molecule has 0 bridgehead atoms. The zero-order valence-electron chi connectivity index (χ0n) is 14.1. The van der Waals surface area contributed by atoms with Crippen LogP contribution in [0, 0.1) is 6.92 Å². The Morgan fingerprint density at radius 2 is 1.85 bits per heavy atom. The lowest BCUT2D eigenvalue weighted by molar-refractivity contribution is 0.0731.